The van der Waals surface area contributed by atoms with Crippen LogP contribution in [0.3, 0.4) is 0 Å². The van der Waals surface area contributed by atoms with Crippen LogP contribution in [0.15, 0.2) is 54.6 Å². The van der Waals surface area contributed by atoms with E-state index in [0.29, 0.717) is 23.6 Å². The highest BCUT2D eigenvalue weighted by Gasteiger charge is 2.08. The average Bonchev–Trinajstić information content (AvgIpc) is 2.71. The topological polar surface area (TPSA) is 73.9 Å². The number of rotatable bonds is 9. The summed E-state index contributed by atoms with van der Waals surface area (Å²) in [4.78, 5) is 23.6. The van der Waals surface area contributed by atoms with Crippen LogP contribution in [-0.2, 0) is 20.7 Å². The second-order valence-electron chi connectivity index (χ2n) is 5.61. The molecule has 0 aliphatic heterocycles. The quantitative estimate of drug-likeness (QED) is 0.543. The highest BCUT2D eigenvalue weighted by molar-refractivity contribution is 5.89. The predicted octanol–water partition coefficient (Wildman–Crippen LogP) is 2.62. The molecule has 0 bridgehead atoms. The normalized spacial score (nSPS) is 10.4. The standard InChI is InChI=1S/C21H23NO5/c1-25-18-10-6-9-17(21(18)26-2)11-12-20(24)27-15-19(23)22-14-13-16-7-4-3-5-8-16/h3-12H,13-15H2,1-2H3,(H,22,23)/b12-11+. The molecule has 2 aromatic carbocycles. The van der Waals surface area contributed by atoms with Gasteiger partial charge in [0.2, 0.25) is 0 Å². The lowest BCUT2D eigenvalue weighted by Gasteiger charge is -2.09. The van der Waals surface area contributed by atoms with Crippen molar-refractivity contribution in [1.82, 2.24) is 5.32 Å². The minimum atomic E-state index is -0.613. The number of hydrogen-bond acceptors (Lipinski definition) is 5. The lowest BCUT2D eigenvalue weighted by atomic mass is 10.1. The molecule has 2 rings (SSSR count). The molecule has 0 heterocycles. The number of hydrogen-bond donors (Lipinski definition) is 1. The summed E-state index contributed by atoms with van der Waals surface area (Å²) >= 11 is 0. The van der Waals surface area contributed by atoms with Crippen molar-refractivity contribution < 1.29 is 23.8 Å². The predicted molar refractivity (Wildman–Crippen MR) is 103 cm³/mol. The molecular weight excluding hydrogens is 346 g/mol. The maximum atomic E-state index is 11.8. The van der Waals surface area contributed by atoms with Gasteiger partial charge >= 0.3 is 5.97 Å². The van der Waals surface area contributed by atoms with Gasteiger partial charge in [0.1, 0.15) is 0 Å². The second-order valence-corrected chi connectivity index (χ2v) is 5.61. The lowest BCUT2D eigenvalue weighted by molar-refractivity contribution is -0.143. The summed E-state index contributed by atoms with van der Waals surface area (Å²) < 4.78 is 15.4. The van der Waals surface area contributed by atoms with Gasteiger partial charge in [0.05, 0.1) is 14.2 Å². The molecule has 2 aromatic rings. The molecule has 0 fully saturated rings. The first-order valence-corrected chi connectivity index (χ1v) is 8.50. The summed E-state index contributed by atoms with van der Waals surface area (Å²) in [6.45, 7) is 0.157. The van der Waals surface area contributed by atoms with Gasteiger partial charge in [0, 0.05) is 18.2 Å². The molecule has 0 aromatic heterocycles. The molecule has 27 heavy (non-hydrogen) atoms. The van der Waals surface area contributed by atoms with Crippen LogP contribution in [-0.4, -0.2) is 39.2 Å². The van der Waals surface area contributed by atoms with Crippen molar-refractivity contribution in [2.45, 2.75) is 6.42 Å². The molecule has 0 aliphatic carbocycles. The number of methoxy groups -OCH3 is 2. The van der Waals surface area contributed by atoms with Crippen molar-refractivity contribution in [1.29, 1.82) is 0 Å². The van der Waals surface area contributed by atoms with E-state index < -0.39 is 5.97 Å². The zero-order valence-corrected chi connectivity index (χ0v) is 15.4. The van der Waals surface area contributed by atoms with Crippen LogP contribution < -0.4 is 14.8 Å². The van der Waals surface area contributed by atoms with E-state index in [1.807, 2.05) is 30.3 Å². The summed E-state index contributed by atoms with van der Waals surface area (Å²) in [5.74, 6) is 0.123. The Balaban J connectivity index is 1.77. The zero-order valence-electron chi connectivity index (χ0n) is 15.4. The minimum absolute atomic E-state index is 0.326. The SMILES string of the molecule is COc1cccc(/C=C/C(=O)OCC(=O)NCCc2ccccc2)c1OC. The third-order valence-corrected chi connectivity index (χ3v) is 3.76. The number of benzene rings is 2. The number of amides is 1. The molecule has 0 saturated heterocycles. The van der Waals surface area contributed by atoms with Gasteiger partial charge in [-0.15, -0.1) is 0 Å². The second kappa shape index (κ2) is 10.7. The maximum Gasteiger partial charge on any atom is 0.331 e. The van der Waals surface area contributed by atoms with Crippen LogP contribution in [0.5, 0.6) is 11.5 Å². The van der Waals surface area contributed by atoms with Gasteiger partial charge in [-0.25, -0.2) is 4.79 Å². The molecule has 0 radical (unpaired) electrons. The fourth-order valence-corrected chi connectivity index (χ4v) is 2.43. The molecular formula is C21H23NO5. The Labute approximate surface area is 158 Å². The van der Waals surface area contributed by atoms with E-state index in [9.17, 15) is 9.59 Å². The number of esters is 1. The molecule has 0 saturated carbocycles. The summed E-state index contributed by atoms with van der Waals surface area (Å²) in [5.41, 5.74) is 1.80. The summed E-state index contributed by atoms with van der Waals surface area (Å²) in [5, 5.41) is 2.72. The third kappa shape index (κ3) is 6.51. The summed E-state index contributed by atoms with van der Waals surface area (Å²) in [6.07, 6.45) is 3.52. The fraction of sp³-hybridized carbons (Fsp3) is 0.238. The Kier molecular flexibility index (Phi) is 7.91. The van der Waals surface area contributed by atoms with Gasteiger partial charge in [-0.1, -0.05) is 42.5 Å². The molecule has 6 heteroatoms. The van der Waals surface area contributed by atoms with E-state index >= 15 is 0 Å². The van der Waals surface area contributed by atoms with Crippen LogP contribution in [0, 0.1) is 0 Å². The molecule has 0 atom stereocenters. The molecule has 0 unspecified atom stereocenters. The lowest BCUT2D eigenvalue weighted by Crippen LogP contribution is -2.30. The molecule has 142 valence electrons. The van der Waals surface area contributed by atoms with Gasteiger partial charge in [-0.05, 0) is 24.1 Å². The molecule has 0 aliphatic rings. The number of carbonyl (C=O) groups is 2. The van der Waals surface area contributed by atoms with E-state index in [2.05, 4.69) is 5.32 Å². The monoisotopic (exact) mass is 369 g/mol. The van der Waals surface area contributed by atoms with Gasteiger partial charge < -0.3 is 19.5 Å². The number of nitrogens with one attached hydrogen (secondary N) is 1. The summed E-state index contributed by atoms with van der Waals surface area (Å²) in [6, 6.07) is 15.1. The number of ether oxygens (including phenoxy) is 3. The van der Waals surface area contributed by atoms with E-state index in [-0.39, 0.29) is 12.5 Å². The van der Waals surface area contributed by atoms with Crippen molar-refractivity contribution in [3.8, 4) is 11.5 Å². The van der Waals surface area contributed by atoms with E-state index in [0.717, 1.165) is 12.0 Å². The van der Waals surface area contributed by atoms with Gasteiger partial charge in [-0.2, -0.15) is 0 Å². The molecule has 1 N–H and O–H groups in total. The van der Waals surface area contributed by atoms with Crippen molar-refractivity contribution >= 4 is 18.0 Å². The maximum absolute atomic E-state index is 11.8. The zero-order chi connectivity index (χ0) is 19.5. The Morgan fingerprint density at radius 3 is 2.48 bits per heavy atom. The highest BCUT2D eigenvalue weighted by atomic mass is 16.5. The van der Waals surface area contributed by atoms with Crippen LogP contribution in [0.25, 0.3) is 6.08 Å². The molecule has 6 nitrogen and oxygen atoms in total. The van der Waals surface area contributed by atoms with Crippen LogP contribution in [0.2, 0.25) is 0 Å². The van der Waals surface area contributed by atoms with Crippen LogP contribution >= 0.6 is 0 Å². The van der Waals surface area contributed by atoms with Crippen molar-refractivity contribution in [2.24, 2.45) is 0 Å². The highest BCUT2D eigenvalue weighted by Crippen LogP contribution is 2.31. The Morgan fingerprint density at radius 1 is 1.00 bits per heavy atom. The Bertz CT molecular complexity index is 786. The van der Waals surface area contributed by atoms with E-state index in [4.69, 9.17) is 14.2 Å². The molecule has 1 amide bonds. The minimum Gasteiger partial charge on any atom is -0.493 e. The van der Waals surface area contributed by atoms with E-state index in [1.54, 1.807) is 24.3 Å². The van der Waals surface area contributed by atoms with Gasteiger partial charge in [0.15, 0.2) is 18.1 Å². The first-order valence-electron chi connectivity index (χ1n) is 8.50. The van der Waals surface area contributed by atoms with Gasteiger partial charge in [0.25, 0.3) is 5.91 Å². The van der Waals surface area contributed by atoms with Gasteiger partial charge in [-0.3, -0.25) is 4.79 Å². The fourth-order valence-electron chi connectivity index (χ4n) is 2.43. The number of carbonyl (C=O) groups excluding carboxylic acids is 2. The first-order chi connectivity index (χ1) is 13.1. The Morgan fingerprint density at radius 2 is 1.78 bits per heavy atom. The molecule has 0 spiro atoms. The van der Waals surface area contributed by atoms with Crippen molar-refractivity contribution in [3.63, 3.8) is 0 Å². The smallest absolute Gasteiger partial charge is 0.331 e. The van der Waals surface area contributed by atoms with Crippen molar-refractivity contribution in [3.05, 3.63) is 65.7 Å². The first kappa shape index (κ1) is 20.0. The summed E-state index contributed by atoms with van der Waals surface area (Å²) in [7, 11) is 3.06. The third-order valence-electron chi connectivity index (χ3n) is 3.76. The largest absolute Gasteiger partial charge is 0.493 e. The van der Waals surface area contributed by atoms with Crippen molar-refractivity contribution in [2.75, 3.05) is 27.4 Å². The van der Waals surface area contributed by atoms with Crippen LogP contribution in [0.4, 0.5) is 0 Å². The number of para-hydroxylation sites is 1. The van der Waals surface area contributed by atoms with E-state index in [1.165, 1.54) is 20.3 Å². The Hall–Kier alpha value is -3.28. The van der Waals surface area contributed by atoms with Crippen LogP contribution in [0.1, 0.15) is 11.1 Å². The average molecular weight is 369 g/mol.